The van der Waals surface area contributed by atoms with Crippen molar-refractivity contribution >= 4 is 29.2 Å². The van der Waals surface area contributed by atoms with E-state index < -0.39 is 0 Å². The number of carbonyl (C=O) groups is 1. The van der Waals surface area contributed by atoms with Crippen LogP contribution in [0, 0.1) is 0 Å². The highest BCUT2D eigenvalue weighted by atomic mass is 35.5. The minimum atomic E-state index is -0.257. The van der Waals surface area contributed by atoms with Crippen molar-refractivity contribution in [2.75, 3.05) is 20.6 Å². The molecule has 0 aliphatic carbocycles. The molecule has 100 valence electrons. The number of amides is 2. The molecule has 0 aromatic heterocycles. The van der Waals surface area contributed by atoms with E-state index in [0.717, 1.165) is 5.56 Å². The Bertz CT molecular complexity index is 445. The van der Waals surface area contributed by atoms with E-state index in [9.17, 15) is 4.79 Å². The van der Waals surface area contributed by atoms with Crippen LogP contribution in [0.3, 0.4) is 0 Å². The van der Waals surface area contributed by atoms with Crippen LogP contribution in [0.15, 0.2) is 18.2 Å². The first-order valence-corrected chi connectivity index (χ1v) is 6.40. The molecule has 0 aliphatic rings. The number of hydrogen-bond donors (Lipinski definition) is 1. The second kappa shape index (κ2) is 5.81. The molecular formula is C13H18Cl2N2O. The highest BCUT2D eigenvalue weighted by Gasteiger charge is 2.24. The Kier molecular flexibility index (Phi) is 4.88. The van der Waals surface area contributed by atoms with Gasteiger partial charge in [0.2, 0.25) is 0 Å². The maximum atomic E-state index is 11.5. The molecule has 3 nitrogen and oxygen atoms in total. The van der Waals surface area contributed by atoms with Crippen LogP contribution >= 0.6 is 23.2 Å². The average Bonchev–Trinajstić information content (AvgIpc) is 2.25. The van der Waals surface area contributed by atoms with Gasteiger partial charge in [-0.1, -0.05) is 43.1 Å². The van der Waals surface area contributed by atoms with E-state index in [2.05, 4.69) is 5.32 Å². The third-order valence-electron chi connectivity index (χ3n) is 2.75. The largest absolute Gasteiger partial charge is 0.337 e. The van der Waals surface area contributed by atoms with E-state index in [0.29, 0.717) is 16.6 Å². The van der Waals surface area contributed by atoms with Crippen LogP contribution < -0.4 is 5.32 Å². The van der Waals surface area contributed by atoms with E-state index in [1.807, 2.05) is 19.9 Å². The highest BCUT2D eigenvalue weighted by Crippen LogP contribution is 2.31. The van der Waals surface area contributed by atoms with Gasteiger partial charge in [0.1, 0.15) is 0 Å². The van der Waals surface area contributed by atoms with Crippen molar-refractivity contribution in [1.29, 1.82) is 0 Å². The number of nitrogens with zero attached hydrogens (tertiary/aromatic N) is 1. The molecule has 0 radical (unpaired) electrons. The van der Waals surface area contributed by atoms with E-state index >= 15 is 0 Å². The first kappa shape index (κ1) is 15.1. The van der Waals surface area contributed by atoms with Crippen LogP contribution in [0.4, 0.5) is 4.79 Å². The van der Waals surface area contributed by atoms with E-state index in [1.165, 1.54) is 4.90 Å². The summed E-state index contributed by atoms with van der Waals surface area (Å²) in [6, 6.07) is 5.30. The van der Waals surface area contributed by atoms with E-state index in [1.54, 1.807) is 26.2 Å². The summed E-state index contributed by atoms with van der Waals surface area (Å²) < 4.78 is 0. The van der Waals surface area contributed by atoms with Gasteiger partial charge in [0.25, 0.3) is 0 Å². The molecule has 5 heteroatoms. The first-order valence-electron chi connectivity index (χ1n) is 5.65. The van der Waals surface area contributed by atoms with Gasteiger partial charge in [-0.15, -0.1) is 0 Å². The Hall–Kier alpha value is -0.930. The third-order valence-corrected chi connectivity index (χ3v) is 3.30. The number of halogens is 2. The zero-order chi connectivity index (χ0) is 13.9. The number of rotatable bonds is 3. The highest BCUT2D eigenvalue weighted by molar-refractivity contribution is 6.35. The standard InChI is InChI=1S/C13H18Cl2N2O/c1-13(2,8-16-12(18)17(3)4)10-6-5-9(14)7-11(10)15/h5-7H,8H2,1-4H3,(H,16,18). The molecular weight excluding hydrogens is 271 g/mol. The normalized spacial score (nSPS) is 11.2. The van der Waals surface area contributed by atoms with Crippen molar-refractivity contribution in [3.63, 3.8) is 0 Å². The number of nitrogens with one attached hydrogen (secondary N) is 1. The minimum absolute atomic E-state index is 0.117. The van der Waals surface area contributed by atoms with Crippen molar-refractivity contribution in [3.05, 3.63) is 33.8 Å². The Balaban J connectivity index is 2.82. The fraction of sp³-hybridized carbons (Fsp3) is 0.462. The van der Waals surface area contributed by atoms with Gasteiger partial charge in [0, 0.05) is 36.1 Å². The van der Waals surface area contributed by atoms with Crippen molar-refractivity contribution in [3.8, 4) is 0 Å². The third kappa shape index (κ3) is 3.79. The smallest absolute Gasteiger partial charge is 0.316 e. The summed E-state index contributed by atoms with van der Waals surface area (Å²) in [4.78, 5) is 13.0. The molecule has 0 bridgehead atoms. The molecule has 0 heterocycles. The molecule has 1 N–H and O–H groups in total. The molecule has 0 aliphatic heterocycles. The Morgan fingerprint density at radius 2 is 1.94 bits per heavy atom. The SMILES string of the molecule is CN(C)C(=O)NCC(C)(C)c1ccc(Cl)cc1Cl. The molecule has 1 aromatic rings. The second-order valence-corrected chi connectivity index (χ2v) is 5.90. The molecule has 0 saturated carbocycles. The molecule has 0 fully saturated rings. The molecule has 0 spiro atoms. The number of benzene rings is 1. The molecule has 2 amide bonds. The number of carbonyl (C=O) groups excluding carboxylic acids is 1. The lowest BCUT2D eigenvalue weighted by Gasteiger charge is -2.27. The number of hydrogen-bond acceptors (Lipinski definition) is 1. The maximum absolute atomic E-state index is 11.5. The van der Waals surface area contributed by atoms with Gasteiger partial charge < -0.3 is 10.2 Å². The van der Waals surface area contributed by atoms with Crippen LogP contribution in [0.5, 0.6) is 0 Å². The predicted octanol–water partition coefficient (Wildman–Crippen LogP) is 3.54. The fourth-order valence-corrected chi connectivity index (χ4v) is 2.25. The summed E-state index contributed by atoms with van der Waals surface area (Å²) in [5.41, 5.74) is 0.709. The lowest BCUT2D eigenvalue weighted by atomic mass is 9.84. The Labute approximate surface area is 118 Å². The lowest BCUT2D eigenvalue weighted by molar-refractivity contribution is 0.215. The zero-order valence-electron chi connectivity index (χ0n) is 11.1. The molecule has 0 saturated heterocycles. The van der Waals surface area contributed by atoms with Crippen LogP contribution in [-0.4, -0.2) is 31.6 Å². The van der Waals surface area contributed by atoms with Gasteiger partial charge >= 0.3 is 6.03 Å². The average molecular weight is 289 g/mol. The quantitative estimate of drug-likeness (QED) is 0.907. The van der Waals surface area contributed by atoms with E-state index in [-0.39, 0.29) is 11.4 Å². The van der Waals surface area contributed by atoms with Gasteiger partial charge in [-0.3, -0.25) is 0 Å². The van der Waals surface area contributed by atoms with Gasteiger partial charge in [-0.05, 0) is 17.7 Å². The molecule has 1 rings (SSSR count). The fourth-order valence-electron chi connectivity index (χ4n) is 1.59. The van der Waals surface area contributed by atoms with Crippen LogP contribution in [0.2, 0.25) is 10.0 Å². The second-order valence-electron chi connectivity index (χ2n) is 5.06. The molecule has 0 atom stereocenters. The molecule has 18 heavy (non-hydrogen) atoms. The first-order chi connectivity index (χ1) is 8.24. The molecule has 1 aromatic carbocycles. The summed E-state index contributed by atoms with van der Waals surface area (Å²) in [6.07, 6.45) is 0. The minimum Gasteiger partial charge on any atom is -0.337 e. The maximum Gasteiger partial charge on any atom is 0.316 e. The molecule has 0 unspecified atom stereocenters. The van der Waals surface area contributed by atoms with Gasteiger partial charge in [-0.25, -0.2) is 4.79 Å². The predicted molar refractivity (Wildman–Crippen MR) is 76.6 cm³/mol. The Morgan fingerprint density at radius 1 is 1.33 bits per heavy atom. The summed E-state index contributed by atoms with van der Waals surface area (Å²) in [5.74, 6) is 0. The van der Waals surface area contributed by atoms with Crippen LogP contribution in [0.25, 0.3) is 0 Å². The van der Waals surface area contributed by atoms with Crippen molar-refractivity contribution in [2.45, 2.75) is 19.3 Å². The lowest BCUT2D eigenvalue weighted by Crippen LogP contribution is -2.41. The summed E-state index contributed by atoms with van der Waals surface area (Å²) >= 11 is 12.1. The van der Waals surface area contributed by atoms with Gasteiger partial charge in [0.05, 0.1) is 0 Å². The van der Waals surface area contributed by atoms with Crippen molar-refractivity contribution in [2.24, 2.45) is 0 Å². The Morgan fingerprint density at radius 3 is 2.44 bits per heavy atom. The monoisotopic (exact) mass is 288 g/mol. The summed E-state index contributed by atoms with van der Waals surface area (Å²) in [6.45, 7) is 4.56. The topological polar surface area (TPSA) is 32.3 Å². The summed E-state index contributed by atoms with van der Waals surface area (Å²) in [7, 11) is 3.41. The van der Waals surface area contributed by atoms with Crippen LogP contribution in [0.1, 0.15) is 19.4 Å². The van der Waals surface area contributed by atoms with Crippen molar-refractivity contribution < 1.29 is 4.79 Å². The van der Waals surface area contributed by atoms with E-state index in [4.69, 9.17) is 23.2 Å². The zero-order valence-corrected chi connectivity index (χ0v) is 12.6. The number of urea groups is 1. The van der Waals surface area contributed by atoms with Gasteiger partial charge in [-0.2, -0.15) is 0 Å². The van der Waals surface area contributed by atoms with Gasteiger partial charge in [0.15, 0.2) is 0 Å². The van der Waals surface area contributed by atoms with Crippen molar-refractivity contribution in [1.82, 2.24) is 10.2 Å². The summed E-state index contributed by atoms with van der Waals surface area (Å²) in [5, 5.41) is 4.08. The van der Waals surface area contributed by atoms with Crippen LogP contribution in [-0.2, 0) is 5.41 Å².